The van der Waals surface area contributed by atoms with Crippen LogP contribution in [0.1, 0.15) is 12.8 Å². The first-order chi connectivity index (χ1) is 14.3. The zero-order valence-electron chi connectivity index (χ0n) is 14.7. The first-order valence-corrected chi connectivity index (χ1v) is 8.33. The molecule has 0 saturated heterocycles. The average Bonchev–Trinajstić information content (AvgIpc) is 3.48. The Labute approximate surface area is 166 Å². The SMILES string of the molecule is O=C1N(C2(C(=O)O)CC2)c2cc(-c3c(F)c(F)c(F)c(F)c3F)c(F)cc2OC1(F)F. The smallest absolute Gasteiger partial charge is 0.479 e. The first kappa shape index (κ1) is 20.9. The van der Waals surface area contributed by atoms with E-state index in [4.69, 9.17) is 0 Å². The number of benzene rings is 2. The van der Waals surface area contributed by atoms with Crippen LogP contribution in [0.5, 0.6) is 5.75 Å². The van der Waals surface area contributed by atoms with E-state index in [0.717, 1.165) is 0 Å². The molecule has 2 aliphatic rings. The molecule has 13 heteroatoms. The van der Waals surface area contributed by atoms with Crippen molar-refractivity contribution in [3.05, 3.63) is 47.0 Å². The Morgan fingerprint density at radius 1 is 0.935 bits per heavy atom. The normalized spacial score (nSPS) is 18.5. The van der Waals surface area contributed by atoms with Crippen LogP contribution in [0.4, 0.5) is 40.8 Å². The molecular formula is C18H7F8NO4. The Morgan fingerprint density at radius 3 is 1.94 bits per heavy atom. The van der Waals surface area contributed by atoms with Gasteiger partial charge in [0.05, 0.1) is 11.3 Å². The molecule has 1 fully saturated rings. The van der Waals surface area contributed by atoms with E-state index in [0.29, 0.717) is 6.07 Å². The van der Waals surface area contributed by atoms with E-state index < -0.39 is 81.0 Å². The number of amides is 1. The van der Waals surface area contributed by atoms with Crippen LogP contribution < -0.4 is 9.64 Å². The summed E-state index contributed by atoms with van der Waals surface area (Å²) >= 11 is 0. The minimum absolute atomic E-state index is 0.0726. The van der Waals surface area contributed by atoms with Gasteiger partial charge in [-0.25, -0.2) is 31.1 Å². The molecule has 1 aliphatic heterocycles. The lowest BCUT2D eigenvalue weighted by Crippen LogP contribution is -2.58. The van der Waals surface area contributed by atoms with Crippen molar-refractivity contribution in [3.8, 4) is 16.9 Å². The summed E-state index contributed by atoms with van der Waals surface area (Å²) in [5, 5.41) is 9.39. The summed E-state index contributed by atoms with van der Waals surface area (Å²) in [6.07, 6.45) is -5.19. The molecule has 0 spiro atoms. The summed E-state index contributed by atoms with van der Waals surface area (Å²) in [4.78, 5) is 23.9. The molecule has 31 heavy (non-hydrogen) atoms. The molecule has 1 saturated carbocycles. The maximum absolute atomic E-state index is 14.5. The molecule has 2 aromatic carbocycles. The number of carboxylic acids is 1. The third kappa shape index (κ3) is 2.75. The molecule has 0 radical (unpaired) electrons. The summed E-state index contributed by atoms with van der Waals surface area (Å²) in [5.74, 6) is -18.8. The Kier molecular flexibility index (Phi) is 4.25. The van der Waals surface area contributed by atoms with Crippen LogP contribution in [0.3, 0.4) is 0 Å². The highest BCUT2D eigenvalue weighted by Crippen LogP contribution is 2.52. The molecule has 164 valence electrons. The Morgan fingerprint density at radius 2 is 1.45 bits per heavy atom. The fourth-order valence-electron chi connectivity index (χ4n) is 3.33. The van der Waals surface area contributed by atoms with E-state index in [1.54, 1.807) is 0 Å². The lowest BCUT2D eigenvalue weighted by atomic mass is 9.99. The number of nitrogens with zero attached hydrogens (tertiary/aromatic N) is 1. The highest BCUT2D eigenvalue weighted by molar-refractivity contribution is 6.08. The molecule has 1 heterocycles. The molecule has 1 N–H and O–H groups in total. The second kappa shape index (κ2) is 6.31. The van der Waals surface area contributed by atoms with Crippen LogP contribution in [-0.2, 0) is 9.59 Å². The van der Waals surface area contributed by atoms with Gasteiger partial charge in [0.15, 0.2) is 29.0 Å². The number of carbonyl (C=O) groups excluding carboxylic acids is 1. The Hall–Kier alpha value is -3.38. The van der Waals surface area contributed by atoms with Crippen LogP contribution in [-0.4, -0.2) is 28.6 Å². The van der Waals surface area contributed by atoms with E-state index in [1.807, 2.05) is 0 Å². The lowest BCUT2D eigenvalue weighted by Gasteiger charge is -2.37. The van der Waals surface area contributed by atoms with Gasteiger partial charge in [-0.3, -0.25) is 9.69 Å². The van der Waals surface area contributed by atoms with Crippen molar-refractivity contribution in [1.29, 1.82) is 0 Å². The van der Waals surface area contributed by atoms with Gasteiger partial charge in [-0.1, -0.05) is 0 Å². The molecule has 0 atom stereocenters. The number of carbonyl (C=O) groups is 2. The fraction of sp³-hybridized carbons (Fsp3) is 0.222. The van der Waals surface area contributed by atoms with Crippen molar-refractivity contribution in [2.45, 2.75) is 24.5 Å². The predicted octanol–water partition coefficient (Wildman–Crippen LogP) is 4.12. The number of ether oxygens (including phenoxy) is 1. The number of hydrogen-bond acceptors (Lipinski definition) is 3. The van der Waals surface area contributed by atoms with Gasteiger partial charge in [-0.2, -0.15) is 8.78 Å². The van der Waals surface area contributed by atoms with E-state index in [9.17, 15) is 49.8 Å². The quantitative estimate of drug-likeness (QED) is 0.432. The van der Waals surface area contributed by atoms with Crippen LogP contribution in [0, 0.1) is 34.9 Å². The molecule has 0 unspecified atom stereocenters. The third-order valence-corrected chi connectivity index (χ3v) is 5.01. The second-order valence-electron chi connectivity index (χ2n) is 6.84. The van der Waals surface area contributed by atoms with Crippen molar-refractivity contribution in [1.82, 2.24) is 0 Å². The largest absolute Gasteiger partial charge is 0.483 e. The molecule has 5 nitrogen and oxygen atoms in total. The molecular weight excluding hydrogens is 446 g/mol. The monoisotopic (exact) mass is 453 g/mol. The van der Waals surface area contributed by atoms with Crippen molar-refractivity contribution in [2.75, 3.05) is 4.90 Å². The average molecular weight is 453 g/mol. The summed E-state index contributed by atoms with van der Waals surface area (Å²) < 4.78 is 115. The number of alkyl halides is 2. The van der Waals surface area contributed by atoms with Gasteiger partial charge in [0.1, 0.15) is 11.4 Å². The third-order valence-electron chi connectivity index (χ3n) is 5.01. The zero-order chi connectivity index (χ0) is 23.0. The van der Waals surface area contributed by atoms with Crippen molar-refractivity contribution in [3.63, 3.8) is 0 Å². The maximum Gasteiger partial charge on any atom is 0.483 e. The second-order valence-corrected chi connectivity index (χ2v) is 6.84. The lowest BCUT2D eigenvalue weighted by molar-refractivity contribution is -0.194. The molecule has 0 bridgehead atoms. The number of hydrogen-bond donors (Lipinski definition) is 1. The van der Waals surface area contributed by atoms with Gasteiger partial charge in [0.2, 0.25) is 5.82 Å². The molecule has 2 aromatic rings. The maximum atomic E-state index is 14.5. The van der Waals surface area contributed by atoms with Gasteiger partial charge in [-0.15, -0.1) is 0 Å². The first-order valence-electron chi connectivity index (χ1n) is 8.33. The van der Waals surface area contributed by atoms with Crippen molar-refractivity contribution >= 4 is 17.6 Å². The van der Waals surface area contributed by atoms with Gasteiger partial charge >= 0.3 is 18.0 Å². The minimum Gasteiger partial charge on any atom is -0.479 e. The summed E-state index contributed by atoms with van der Waals surface area (Å²) in [6.45, 7) is 0. The summed E-state index contributed by atoms with van der Waals surface area (Å²) in [5.41, 5.74) is -6.04. The van der Waals surface area contributed by atoms with E-state index in [1.165, 1.54) is 0 Å². The highest BCUT2D eigenvalue weighted by atomic mass is 19.3. The number of anilines is 1. The topological polar surface area (TPSA) is 66.8 Å². The van der Waals surface area contributed by atoms with Gasteiger partial charge in [0.25, 0.3) is 0 Å². The Bertz CT molecular complexity index is 1150. The van der Waals surface area contributed by atoms with Crippen LogP contribution in [0.15, 0.2) is 12.1 Å². The fourth-order valence-corrected chi connectivity index (χ4v) is 3.33. The van der Waals surface area contributed by atoms with Crippen LogP contribution in [0.2, 0.25) is 0 Å². The van der Waals surface area contributed by atoms with Crippen LogP contribution >= 0.6 is 0 Å². The summed E-state index contributed by atoms with van der Waals surface area (Å²) in [6, 6.07) is 0.451. The van der Waals surface area contributed by atoms with E-state index >= 15 is 0 Å². The van der Waals surface area contributed by atoms with Crippen molar-refractivity contribution in [2.24, 2.45) is 0 Å². The number of carboxylic acid groups (broad SMARTS) is 1. The molecule has 0 aromatic heterocycles. The van der Waals surface area contributed by atoms with E-state index in [2.05, 4.69) is 4.74 Å². The summed E-state index contributed by atoms with van der Waals surface area (Å²) in [7, 11) is 0. The van der Waals surface area contributed by atoms with Crippen LogP contribution in [0.25, 0.3) is 11.1 Å². The molecule has 1 aliphatic carbocycles. The standard InChI is InChI=1S/C18H7F8NO4/c19-6-4-8-7(3-5(6)9-10(20)12(22)14(24)13(23)11(9)21)27(15(28)18(25,26)31-8)17(1-2-17)16(29)30/h3-4H,1-2H2,(H,29,30). The number of fused-ring (bicyclic) bond motifs is 1. The van der Waals surface area contributed by atoms with Crippen molar-refractivity contribution < 1.29 is 54.6 Å². The number of halogens is 8. The Balaban J connectivity index is 2.01. The predicted molar refractivity (Wildman–Crippen MR) is 84.3 cm³/mol. The van der Waals surface area contributed by atoms with E-state index in [-0.39, 0.29) is 23.8 Å². The van der Waals surface area contributed by atoms with Gasteiger partial charge in [-0.05, 0) is 18.9 Å². The highest BCUT2D eigenvalue weighted by Gasteiger charge is 2.65. The minimum atomic E-state index is -4.60. The number of aliphatic carboxylic acids is 1. The molecule has 4 rings (SSSR count). The van der Waals surface area contributed by atoms with Gasteiger partial charge < -0.3 is 9.84 Å². The zero-order valence-corrected chi connectivity index (χ0v) is 14.7. The van der Waals surface area contributed by atoms with Gasteiger partial charge in [0, 0.05) is 11.6 Å². The molecule has 1 amide bonds. The number of rotatable bonds is 3.